The molecule has 2 aliphatic heterocycles. The van der Waals surface area contributed by atoms with Gasteiger partial charge in [0, 0.05) is 11.3 Å². The summed E-state index contributed by atoms with van der Waals surface area (Å²) in [4.78, 5) is 42.3. The molecule has 2 aromatic rings. The highest BCUT2D eigenvalue weighted by Crippen LogP contribution is 2.29. The summed E-state index contributed by atoms with van der Waals surface area (Å²) < 4.78 is 0. The maximum absolute atomic E-state index is 13.2. The number of para-hydroxylation sites is 1. The number of hydrogen-bond acceptors (Lipinski definition) is 4. The molecule has 0 bridgehead atoms. The van der Waals surface area contributed by atoms with Crippen LogP contribution in [0.15, 0.2) is 42.5 Å². The third kappa shape index (κ3) is 3.63. The van der Waals surface area contributed by atoms with Crippen LogP contribution in [0, 0.1) is 13.8 Å². The van der Waals surface area contributed by atoms with E-state index < -0.39 is 0 Å². The number of benzene rings is 2. The monoisotopic (exact) mass is 406 g/mol. The molecule has 1 atom stereocenters. The van der Waals surface area contributed by atoms with Gasteiger partial charge in [0.15, 0.2) is 11.8 Å². The summed E-state index contributed by atoms with van der Waals surface area (Å²) in [5, 5.41) is 0. The van der Waals surface area contributed by atoms with Gasteiger partial charge in [-0.15, -0.1) is 0 Å². The van der Waals surface area contributed by atoms with Crippen LogP contribution < -0.4 is 14.7 Å². The molecule has 6 nitrogen and oxygen atoms in total. The topological polar surface area (TPSA) is 62.1 Å². The zero-order valence-corrected chi connectivity index (χ0v) is 17.8. The van der Waals surface area contributed by atoms with E-state index in [1.807, 2.05) is 56.3 Å². The molecule has 6 heteroatoms. The molecule has 0 aromatic heterocycles. The Bertz CT molecular complexity index is 971. The fourth-order valence-corrected chi connectivity index (χ4v) is 4.65. The summed E-state index contributed by atoms with van der Waals surface area (Å²) in [5.74, 6) is -0.113. The average Bonchev–Trinajstić information content (AvgIpc) is 3.02. The maximum Gasteiger partial charge on any atom is 0.292 e. The van der Waals surface area contributed by atoms with Crippen LogP contribution in [0.4, 0.5) is 11.4 Å². The minimum Gasteiger partial charge on any atom is -0.360 e. The molecule has 2 amide bonds. The predicted molar refractivity (Wildman–Crippen MR) is 116 cm³/mol. The largest absolute Gasteiger partial charge is 0.360 e. The van der Waals surface area contributed by atoms with Gasteiger partial charge in [0.25, 0.3) is 5.91 Å². The van der Waals surface area contributed by atoms with Crippen LogP contribution in [0.1, 0.15) is 34.8 Å². The van der Waals surface area contributed by atoms with Crippen molar-refractivity contribution >= 4 is 29.0 Å². The van der Waals surface area contributed by atoms with Crippen molar-refractivity contribution in [1.29, 1.82) is 0 Å². The Hall–Kier alpha value is -2.99. The Labute approximate surface area is 177 Å². The molecule has 2 aliphatic rings. The van der Waals surface area contributed by atoms with E-state index in [-0.39, 0.29) is 30.1 Å². The molecule has 156 valence electrons. The number of nitrogens with zero attached hydrogens (tertiary/aromatic N) is 2. The first kappa shape index (κ1) is 20.3. The van der Waals surface area contributed by atoms with Crippen LogP contribution in [0.5, 0.6) is 0 Å². The normalized spacial score (nSPS) is 20.2. The fourth-order valence-electron chi connectivity index (χ4n) is 4.65. The number of rotatable bonds is 4. The van der Waals surface area contributed by atoms with Gasteiger partial charge in [-0.05, 0) is 56.2 Å². The molecule has 2 fully saturated rings. The second kappa shape index (κ2) is 8.03. The first-order valence-electron chi connectivity index (χ1n) is 10.5. The molecule has 1 N–H and O–H groups in total. The van der Waals surface area contributed by atoms with E-state index in [1.165, 1.54) is 9.80 Å². The van der Waals surface area contributed by atoms with Crippen molar-refractivity contribution in [2.45, 2.75) is 33.2 Å². The highest BCUT2D eigenvalue weighted by Gasteiger charge is 2.47. The lowest BCUT2D eigenvalue weighted by Gasteiger charge is -2.35. The van der Waals surface area contributed by atoms with Crippen molar-refractivity contribution in [3.8, 4) is 0 Å². The van der Waals surface area contributed by atoms with Gasteiger partial charge in [-0.1, -0.05) is 18.2 Å². The Morgan fingerprint density at radius 3 is 2.13 bits per heavy atom. The molecule has 2 heterocycles. The van der Waals surface area contributed by atoms with Gasteiger partial charge in [-0.3, -0.25) is 14.4 Å². The summed E-state index contributed by atoms with van der Waals surface area (Å²) >= 11 is 0. The van der Waals surface area contributed by atoms with Crippen LogP contribution in [-0.2, 0) is 9.59 Å². The molecule has 0 saturated carbocycles. The Morgan fingerprint density at radius 2 is 1.57 bits per heavy atom. The van der Waals surface area contributed by atoms with Gasteiger partial charge in [-0.25, -0.2) is 4.90 Å². The van der Waals surface area contributed by atoms with Crippen molar-refractivity contribution in [3.63, 3.8) is 0 Å². The lowest BCUT2D eigenvalue weighted by Crippen LogP contribution is -3.19. The van der Waals surface area contributed by atoms with Gasteiger partial charge in [0.05, 0.1) is 38.3 Å². The molecule has 0 aliphatic carbocycles. The second-order valence-electron chi connectivity index (χ2n) is 8.31. The average molecular weight is 407 g/mol. The highest BCUT2D eigenvalue weighted by molar-refractivity contribution is 6.22. The van der Waals surface area contributed by atoms with Gasteiger partial charge < -0.3 is 9.80 Å². The van der Waals surface area contributed by atoms with E-state index >= 15 is 0 Å². The van der Waals surface area contributed by atoms with Gasteiger partial charge in [0.1, 0.15) is 0 Å². The van der Waals surface area contributed by atoms with Crippen LogP contribution in [0.3, 0.4) is 0 Å². The van der Waals surface area contributed by atoms with Crippen LogP contribution in [0.25, 0.3) is 0 Å². The summed E-state index contributed by atoms with van der Waals surface area (Å²) in [6.07, 6.45) is 0.273. The third-order valence-corrected chi connectivity index (χ3v) is 6.35. The molecular formula is C24H28N3O3+. The second-order valence-corrected chi connectivity index (χ2v) is 8.31. The van der Waals surface area contributed by atoms with E-state index in [1.54, 1.807) is 6.92 Å². The van der Waals surface area contributed by atoms with E-state index in [2.05, 4.69) is 4.90 Å². The molecule has 2 saturated heterocycles. The van der Waals surface area contributed by atoms with Gasteiger partial charge >= 0.3 is 0 Å². The van der Waals surface area contributed by atoms with Crippen molar-refractivity contribution in [2.24, 2.45) is 0 Å². The summed E-state index contributed by atoms with van der Waals surface area (Å²) in [7, 11) is 0. The first-order chi connectivity index (χ1) is 14.4. The molecule has 2 aromatic carbocycles. The number of nitrogens with one attached hydrogen (secondary N) is 1. The number of quaternary nitrogens is 1. The number of carbonyl (C=O) groups is 3. The molecular weight excluding hydrogens is 378 g/mol. The summed E-state index contributed by atoms with van der Waals surface area (Å²) in [6, 6.07) is 13.2. The number of anilines is 2. The molecule has 30 heavy (non-hydrogen) atoms. The SMILES string of the molecule is CC(=O)c1ccc(N2CC[NH+]([C@H]3CC(=O)N(c4c(C)cccc4C)C3=O)CC2)cc1. The van der Waals surface area contributed by atoms with Crippen molar-refractivity contribution < 1.29 is 19.3 Å². The van der Waals surface area contributed by atoms with Crippen LogP contribution >= 0.6 is 0 Å². The van der Waals surface area contributed by atoms with Crippen LogP contribution in [-0.4, -0.2) is 49.8 Å². The zero-order valence-electron chi connectivity index (χ0n) is 17.8. The minimum absolute atomic E-state index is 0.0636. The van der Waals surface area contributed by atoms with E-state index in [0.717, 1.165) is 48.7 Å². The van der Waals surface area contributed by atoms with Gasteiger partial charge in [-0.2, -0.15) is 0 Å². The molecule has 4 rings (SSSR count). The lowest BCUT2D eigenvalue weighted by atomic mass is 10.1. The number of aryl methyl sites for hydroxylation is 2. The number of carbonyl (C=O) groups excluding carboxylic acids is 3. The minimum atomic E-state index is -0.307. The smallest absolute Gasteiger partial charge is 0.292 e. The quantitative estimate of drug-likeness (QED) is 0.618. The standard InChI is InChI=1S/C24H27N3O3/c1-16-5-4-6-17(2)23(16)27-22(29)15-21(24(27)30)26-13-11-25(12-14-26)20-9-7-19(8-10-20)18(3)28/h4-10,21H,11-15H2,1-3H3/p+1/t21-/m0/s1. The number of Topliss-reactive ketones (excluding diaryl/α,β-unsaturated/α-hetero) is 1. The lowest BCUT2D eigenvalue weighted by molar-refractivity contribution is -0.915. The third-order valence-electron chi connectivity index (χ3n) is 6.35. The summed E-state index contributed by atoms with van der Waals surface area (Å²) in [5.41, 5.74) is 4.45. The molecule has 0 radical (unpaired) electrons. The predicted octanol–water partition coefficient (Wildman–Crippen LogP) is 1.54. The number of imide groups is 1. The van der Waals surface area contributed by atoms with E-state index in [0.29, 0.717) is 5.56 Å². The zero-order chi connectivity index (χ0) is 21.4. The van der Waals surface area contributed by atoms with E-state index in [4.69, 9.17) is 0 Å². The fraction of sp³-hybridized carbons (Fsp3) is 0.375. The molecule has 0 unspecified atom stereocenters. The van der Waals surface area contributed by atoms with E-state index in [9.17, 15) is 14.4 Å². The van der Waals surface area contributed by atoms with Crippen molar-refractivity contribution in [3.05, 3.63) is 59.2 Å². The van der Waals surface area contributed by atoms with Crippen molar-refractivity contribution in [2.75, 3.05) is 36.0 Å². The number of amides is 2. The number of hydrogen-bond donors (Lipinski definition) is 1. The van der Waals surface area contributed by atoms with Crippen molar-refractivity contribution in [1.82, 2.24) is 0 Å². The Kier molecular flexibility index (Phi) is 5.43. The maximum atomic E-state index is 13.2. The van der Waals surface area contributed by atoms with Gasteiger partial charge in [0.2, 0.25) is 5.91 Å². The number of piperazine rings is 1. The Morgan fingerprint density at radius 1 is 0.967 bits per heavy atom. The van der Waals surface area contributed by atoms with Crippen LogP contribution in [0.2, 0.25) is 0 Å². The number of ketones is 1. The molecule has 0 spiro atoms. The summed E-state index contributed by atoms with van der Waals surface area (Å²) in [6.45, 7) is 8.70. The Balaban J connectivity index is 1.44. The first-order valence-corrected chi connectivity index (χ1v) is 10.5. The highest BCUT2D eigenvalue weighted by atomic mass is 16.2.